The molecule has 1 heterocycles. The topological polar surface area (TPSA) is 43.8 Å². The fourth-order valence-electron chi connectivity index (χ4n) is 2.46. The highest BCUT2D eigenvalue weighted by Gasteiger charge is 2.11. The van der Waals surface area contributed by atoms with Gasteiger partial charge in [0, 0.05) is 36.1 Å². The van der Waals surface area contributed by atoms with Gasteiger partial charge in [0.25, 0.3) is 0 Å². The number of imidazole rings is 1. The zero-order valence-corrected chi connectivity index (χ0v) is 12.9. The lowest BCUT2D eigenvalue weighted by Crippen LogP contribution is -2.14. The summed E-state index contributed by atoms with van der Waals surface area (Å²) in [6.07, 6.45) is 3.33. The highest BCUT2D eigenvalue weighted by Crippen LogP contribution is 2.22. The third-order valence-electron chi connectivity index (χ3n) is 3.46. The van der Waals surface area contributed by atoms with Crippen LogP contribution in [0.25, 0.3) is 11.4 Å². The van der Waals surface area contributed by atoms with Gasteiger partial charge in [0.1, 0.15) is 22.4 Å². The Bertz CT molecular complexity index is 854. The standard InChI is InChI=1S/C17H13F2N3S/c18-13-7-12(8-14(19)9-13)17-21-5-6-22(17)10-11-3-1-2-4-15(11)16(20)23/h1-9H,10H2,(H2,20,23). The summed E-state index contributed by atoms with van der Waals surface area (Å²) in [7, 11) is 0. The van der Waals surface area contributed by atoms with Gasteiger partial charge in [-0.15, -0.1) is 0 Å². The fourth-order valence-corrected chi connectivity index (χ4v) is 2.66. The highest BCUT2D eigenvalue weighted by atomic mass is 32.1. The summed E-state index contributed by atoms with van der Waals surface area (Å²) in [4.78, 5) is 4.51. The molecule has 0 aliphatic heterocycles. The van der Waals surface area contributed by atoms with Gasteiger partial charge in [0.15, 0.2) is 0 Å². The molecule has 0 atom stereocenters. The van der Waals surface area contributed by atoms with Crippen molar-refractivity contribution in [2.75, 3.05) is 0 Å². The fraction of sp³-hybridized carbons (Fsp3) is 0.0588. The molecule has 1 aromatic heterocycles. The Balaban J connectivity index is 2.01. The van der Waals surface area contributed by atoms with Crippen molar-refractivity contribution in [3.63, 3.8) is 0 Å². The molecule has 116 valence electrons. The first kappa shape index (κ1) is 15.3. The van der Waals surface area contributed by atoms with Crippen LogP contribution in [0.2, 0.25) is 0 Å². The van der Waals surface area contributed by atoms with Gasteiger partial charge in [-0.3, -0.25) is 0 Å². The molecule has 2 aromatic carbocycles. The molecule has 2 N–H and O–H groups in total. The lowest BCUT2D eigenvalue weighted by molar-refractivity contribution is 0.583. The van der Waals surface area contributed by atoms with Crippen molar-refractivity contribution in [1.29, 1.82) is 0 Å². The monoisotopic (exact) mass is 329 g/mol. The minimum absolute atomic E-state index is 0.305. The van der Waals surface area contributed by atoms with Crippen molar-refractivity contribution in [3.8, 4) is 11.4 Å². The number of thiocarbonyl (C=S) groups is 1. The molecule has 3 aromatic rings. The van der Waals surface area contributed by atoms with Gasteiger partial charge in [-0.1, -0.05) is 36.5 Å². The van der Waals surface area contributed by atoms with Crippen LogP contribution in [-0.4, -0.2) is 14.5 Å². The van der Waals surface area contributed by atoms with Gasteiger partial charge in [0.05, 0.1) is 0 Å². The number of nitrogens with zero attached hydrogens (tertiary/aromatic N) is 2. The maximum atomic E-state index is 13.4. The smallest absolute Gasteiger partial charge is 0.140 e. The summed E-state index contributed by atoms with van der Waals surface area (Å²) in [6.45, 7) is 0.445. The summed E-state index contributed by atoms with van der Waals surface area (Å²) in [5.41, 5.74) is 7.80. The van der Waals surface area contributed by atoms with E-state index in [1.165, 1.54) is 12.1 Å². The number of hydrogen-bond acceptors (Lipinski definition) is 2. The number of rotatable bonds is 4. The molecule has 23 heavy (non-hydrogen) atoms. The molecular formula is C17H13F2N3S. The molecule has 6 heteroatoms. The van der Waals surface area contributed by atoms with Gasteiger partial charge in [-0.05, 0) is 17.7 Å². The number of halogens is 2. The third-order valence-corrected chi connectivity index (χ3v) is 3.68. The van der Waals surface area contributed by atoms with Crippen LogP contribution in [0.5, 0.6) is 0 Å². The molecule has 0 radical (unpaired) electrons. The molecule has 0 aliphatic carbocycles. The summed E-state index contributed by atoms with van der Waals surface area (Å²) in [5.74, 6) is -0.808. The Labute approximate surface area is 137 Å². The SMILES string of the molecule is NC(=S)c1ccccc1Cn1ccnc1-c1cc(F)cc(F)c1. The highest BCUT2D eigenvalue weighted by molar-refractivity contribution is 7.80. The first-order chi connectivity index (χ1) is 11.0. The van der Waals surface area contributed by atoms with Crippen molar-refractivity contribution in [2.24, 2.45) is 5.73 Å². The molecule has 0 unspecified atom stereocenters. The quantitative estimate of drug-likeness (QED) is 0.745. The van der Waals surface area contributed by atoms with Gasteiger partial charge in [0.2, 0.25) is 0 Å². The maximum Gasteiger partial charge on any atom is 0.140 e. The molecule has 0 fully saturated rings. The Kier molecular flexibility index (Phi) is 4.16. The van der Waals surface area contributed by atoms with E-state index in [-0.39, 0.29) is 0 Å². The van der Waals surface area contributed by atoms with Gasteiger partial charge < -0.3 is 10.3 Å². The van der Waals surface area contributed by atoms with Crippen LogP contribution in [-0.2, 0) is 6.54 Å². The van der Waals surface area contributed by atoms with E-state index in [0.717, 1.165) is 17.2 Å². The van der Waals surface area contributed by atoms with E-state index in [1.54, 1.807) is 17.0 Å². The molecule has 3 rings (SSSR count). The lowest BCUT2D eigenvalue weighted by Gasteiger charge is -2.12. The molecular weight excluding hydrogens is 316 g/mol. The molecule has 0 aliphatic rings. The van der Waals surface area contributed by atoms with Crippen LogP contribution >= 0.6 is 12.2 Å². The average molecular weight is 329 g/mol. The Morgan fingerprint density at radius 3 is 2.52 bits per heavy atom. The van der Waals surface area contributed by atoms with Gasteiger partial charge in [-0.25, -0.2) is 13.8 Å². The average Bonchev–Trinajstić information content (AvgIpc) is 2.95. The predicted octanol–water partition coefficient (Wildman–Crippen LogP) is 3.51. The van der Waals surface area contributed by atoms with Crippen molar-refractivity contribution < 1.29 is 8.78 Å². The van der Waals surface area contributed by atoms with E-state index in [4.69, 9.17) is 18.0 Å². The lowest BCUT2D eigenvalue weighted by atomic mass is 10.1. The largest absolute Gasteiger partial charge is 0.389 e. The summed E-state index contributed by atoms with van der Waals surface area (Å²) < 4.78 is 28.7. The van der Waals surface area contributed by atoms with Crippen LogP contribution in [0.3, 0.4) is 0 Å². The number of benzene rings is 2. The number of aromatic nitrogens is 2. The first-order valence-corrected chi connectivity index (χ1v) is 7.31. The number of hydrogen-bond donors (Lipinski definition) is 1. The molecule has 0 saturated carbocycles. The van der Waals surface area contributed by atoms with E-state index < -0.39 is 11.6 Å². The van der Waals surface area contributed by atoms with Crippen molar-refractivity contribution >= 4 is 17.2 Å². The molecule has 0 bridgehead atoms. The molecule has 3 nitrogen and oxygen atoms in total. The van der Waals surface area contributed by atoms with Gasteiger partial charge >= 0.3 is 0 Å². The minimum Gasteiger partial charge on any atom is -0.389 e. The molecule has 0 spiro atoms. The third kappa shape index (κ3) is 3.27. The van der Waals surface area contributed by atoms with Gasteiger partial charge in [-0.2, -0.15) is 0 Å². The van der Waals surface area contributed by atoms with E-state index in [0.29, 0.717) is 22.9 Å². The normalized spacial score (nSPS) is 10.7. The van der Waals surface area contributed by atoms with Crippen LogP contribution in [0.1, 0.15) is 11.1 Å². The maximum absolute atomic E-state index is 13.4. The zero-order chi connectivity index (χ0) is 16.4. The second-order valence-electron chi connectivity index (χ2n) is 5.06. The van der Waals surface area contributed by atoms with Crippen molar-refractivity contribution in [2.45, 2.75) is 6.54 Å². The van der Waals surface area contributed by atoms with Crippen LogP contribution in [0.4, 0.5) is 8.78 Å². The van der Waals surface area contributed by atoms with E-state index in [9.17, 15) is 8.78 Å². The van der Waals surface area contributed by atoms with Crippen molar-refractivity contribution in [1.82, 2.24) is 9.55 Å². The zero-order valence-electron chi connectivity index (χ0n) is 12.0. The number of nitrogens with two attached hydrogens (primary N) is 1. The predicted molar refractivity (Wildman–Crippen MR) is 89.0 cm³/mol. The van der Waals surface area contributed by atoms with Crippen LogP contribution < -0.4 is 5.73 Å². The van der Waals surface area contributed by atoms with Crippen molar-refractivity contribution in [3.05, 3.63) is 77.6 Å². The Morgan fingerprint density at radius 1 is 1.13 bits per heavy atom. The summed E-state index contributed by atoms with van der Waals surface area (Å²) in [6, 6.07) is 10.8. The van der Waals surface area contributed by atoms with E-state index >= 15 is 0 Å². The second kappa shape index (κ2) is 6.26. The second-order valence-corrected chi connectivity index (χ2v) is 5.50. The van der Waals surface area contributed by atoms with E-state index in [2.05, 4.69) is 4.98 Å². The van der Waals surface area contributed by atoms with Crippen LogP contribution in [0.15, 0.2) is 54.9 Å². The summed E-state index contributed by atoms with van der Waals surface area (Å²) in [5, 5.41) is 0. The molecule has 0 saturated heterocycles. The molecule has 0 amide bonds. The Hall–Kier alpha value is -2.60. The minimum atomic E-state index is -0.641. The Morgan fingerprint density at radius 2 is 1.83 bits per heavy atom. The van der Waals surface area contributed by atoms with E-state index in [1.807, 2.05) is 24.3 Å². The summed E-state index contributed by atoms with van der Waals surface area (Å²) >= 11 is 5.06. The van der Waals surface area contributed by atoms with Crippen LogP contribution in [0, 0.1) is 11.6 Å². The first-order valence-electron chi connectivity index (χ1n) is 6.90.